The van der Waals surface area contributed by atoms with Crippen LogP contribution < -0.4 is 10.6 Å². The van der Waals surface area contributed by atoms with Crippen molar-refractivity contribution in [1.29, 1.82) is 0 Å². The SMILES string of the molecule is CN=C(NCc1nncn1C)NC(C)(C)C. The fourth-order valence-corrected chi connectivity index (χ4v) is 1.16. The lowest BCUT2D eigenvalue weighted by atomic mass is 10.1. The van der Waals surface area contributed by atoms with Crippen LogP contribution in [0.25, 0.3) is 0 Å². The largest absolute Gasteiger partial charge is 0.352 e. The Bertz CT molecular complexity index is 360. The van der Waals surface area contributed by atoms with Crippen molar-refractivity contribution in [2.75, 3.05) is 7.05 Å². The summed E-state index contributed by atoms with van der Waals surface area (Å²) < 4.78 is 1.87. The van der Waals surface area contributed by atoms with Gasteiger partial charge in [0.2, 0.25) is 0 Å². The molecule has 1 aromatic rings. The van der Waals surface area contributed by atoms with Gasteiger partial charge in [-0.2, -0.15) is 0 Å². The maximum atomic E-state index is 4.14. The van der Waals surface area contributed by atoms with Gasteiger partial charge in [0.05, 0.1) is 6.54 Å². The van der Waals surface area contributed by atoms with Gasteiger partial charge in [-0.05, 0) is 20.8 Å². The third kappa shape index (κ3) is 3.88. The predicted octanol–water partition coefficient (Wildman–Crippen LogP) is 0.279. The first-order chi connectivity index (χ1) is 7.42. The number of aliphatic imine (C=N–C) groups is 1. The minimum absolute atomic E-state index is 0.0122. The second kappa shape index (κ2) is 4.96. The summed E-state index contributed by atoms with van der Waals surface area (Å²) in [5, 5.41) is 14.3. The Morgan fingerprint density at radius 2 is 2.19 bits per heavy atom. The first-order valence-electron chi connectivity index (χ1n) is 5.24. The number of hydrogen-bond donors (Lipinski definition) is 2. The molecule has 0 bridgehead atoms. The Morgan fingerprint density at radius 1 is 1.50 bits per heavy atom. The van der Waals surface area contributed by atoms with Crippen LogP contribution in [-0.2, 0) is 13.6 Å². The first kappa shape index (κ1) is 12.5. The van der Waals surface area contributed by atoms with Gasteiger partial charge in [-0.3, -0.25) is 4.99 Å². The highest BCUT2D eigenvalue weighted by atomic mass is 15.3. The summed E-state index contributed by atoms with van der Waals surface area (Å²) in [6.07, 6.45) is 1.68. The second-order valence-corrected chi connectivity index (χ2v) is 4.66. The monoisotopic (exact) mass is 224 g/mol. The molecular formula is C10H20N6. The van der Waals surface area contributed by atoms with Gasteiger partial charge in [0, 0.05) is 19.6 Å². The van der Waals surface area contributed by atoms with Crippen LogP contribution in [0.4, 0.5) is 0 Å². The van der Waals surface area contributed by atoms with Gasteiger partial charge < -0.3 is 15.2 Å². The molecule has 0 spiro atoms. The molecule has 6 nitrogen and oxygen atoms in total. The van der Waals surface area contributed by atoms with Crippen molar-refractivity contribution >= 4 is 5.96 Å². The molecular weight excluding hydrogens is 204 g/mol. The molecule has 0 amide bonds. The van der Waals surface area contributed by atoms with E-state index < -0.39 is 0 Å². The Morgan fingerprint density at radius 3 is 2.62 bits per heavy atom. The van der Waals surface area contributed by atoms with Crippen molar-refractivity contribution in [3.05, 3.63) is 12.2 Å². The molecule has 0 aliphatic heterocycles. The molecule has 16 heavy (non-hydrogen) atoms. The normalized spacial score (nSPS) is 12.7. The molecule has 90 valence electrons. The van der Waals surface area contributed by atoms with Gasteiger partial charge in [-0.25, -0.2) is 0 Å². The molecule has 1 rings (SSSR count). The van der Waals surface area contributed by atoms with E-state index in [9.17, 15) is 0 Å². The molecule has 0 saturated carbocycles. The van der Waals surface area contributed by atoms with Crippen LogP contribution in [0.1, 0.15) is 26.6 Å². The molecule has 0 aromatic carbocycles. The van der Waals surface area contributed by atoms with Crippen molar-refractivity contribution in [1.82, 2.24) is 25.4 Å². The lowest BCUT2D eigenvalue weighted by Crippen LogP contribution is -2.47. The van der Waals surface area contributed by atoms with Crippen LogP contribution in [0.15, 0.2) is 11.3 Å². The van der Waals surface area contributed by atoms with E-state index >= 15 is 0 Å². The Labute approximate surface area is 96.2 Å². The van der Waals surface area contributed by atoms with E-state index in [2.05, 4.69) is 46.6 Å². The van der Waals surface area contributed by atoms with Crippen LogP contribution in [0.2, 0.25) is 0 Å². The maximum Gasteiger partial charge on any atom is 0.191 e. The average molecular weight is 224 g/mol. The molecule has 6 heteroatoms. The van der Waals surface area contributed by atoms with Crippen molar-refractivity contribution in [3.8, 4) is 0 Å². The highest BCUT2D eigenvalue weighted by Gasteiger charge is 2.12. The zero-order valence-electron chi connectivity index (χ0n) is 10.6. The van der Waals surface area contributed by atoms with Crippen molar-refractivity contribution in [2.24, 2.45) is 12.0 Å². The summed E-state index contributed by atoms with van der Waals surface area (Å²) in [6.45, 7) is 6.86. The molecule has 0 unspecified atom stereocenters. The summed E-state index contributed by atoms with van der Waals surface area (Å²) in [4.78, 5) is 4.14. The van der Waals surface area contributed by atoms with Gasteiger partial charge in [0.25, 0.3) is 0 Å². The molecule has 2 N–H and O–H groups in total. The molecule has 0 saturated heterocycles. The third-order valence-corrected chi connectivity index (χ3v) is 1.94. The van der Waals surface area contributed by atoms with Crippen LogP contribution in [-0.4, -0.2) is 33.3 Å². The van der Waals surface area contributed by atoms with Gasteiger partial charge in [-0.1, -0.05) is 0 Å². The molecule has 0 aliphatic rings. The van der Waals surface area contributed by atoms with Crippen LogP contribution in [0.3, 0.4) is 0 Å². The minimum atomic E-state index is -0.0122. The van der Waals surface area contributed by atoms with E-state index in [1.54, 1.807) is 13.4 Å². The zero-order valence-corrected chi connectivity index (χ0v) is 10.6. The molecule has 0 radical (unpaired) electrons. The Hall–Kier alpha value is -1.59. The number of aromatic nitrogens is 3. The Kier molecular flexibility index (Phi) is 3.87. The van der Waals surface area contributed by atoms with Crippen LogP contribution >= 0.6 is 0 Å². The van der Waals surface area contributed by atoms with Gasteiger partial charge in [0.1, 0.15) is 6.33 Å². The third-order valence-electron chi connectivity index (χ3n) is 1.94. The number of aryl methyl sites for hydroxylation is 1. The summed E-state index contributed by atoms with van der Waals surface area (Å²) in [5.41, 5.74) is -0.0122. The number of rotatable bonds is 2. The minimum Gasteiger partial charge on any atom is -0.352 e. The lowest BCUT2D eigenvalue weighted by Gasteiger charge is -2.23. The molecule has 0 aliphatic carbocycles. The summed E-state index contributed by atoms with van der Waals surface area (Å²) in [5.74, 6) is 1.63. The summed E-state index contributed by atoms with van der Waals surface area (Å²) in [6, 6.07) is 0. The highest BCUT2D eigenvalue weighted by molar-refractivity contribution is 5.80. The van der Waals surface area contributed by atoms with E-state index in [-0.39, 0.29) is 5.54 Å². The van der Waals surface area contributed by atoms with Crippen molar-refractivity contribution < 1.29 is 0 Å². The molecule has 1 aromatic heterocycles. The zero-order chi connectivity index (χ0) is 12.2. The lowest BCUT2D eigenvalue weighted by molar-refractivity contribution is 0.500. The molecule has 0 atom stereocenters. The predicted molar refractivity (Wildman–Crippen MR) is 64.1 cm³/mol. The topological polar surface area (TPSA) is 67.1 Å². The van der Waals surface area contributed by atoms with E-state index in [0.717, 1.165) is 11.8 Å². The Balaban J connectivity index is 2.51. The quantitative estimate of drug-likeness (QED) is 0.559. The van der Waals surface area contributed by atoms with Gasteiger partial charge in [0.15, 0.2) is 11.8 Å². The average Bonchev–Trinajstić information content (AvgIpc) is 2.57. The van der Waals surface area contributed by atoms with Crippen LogP contribution in [0.5, 0.6) is 0 Å². The maximum absolute atomic E-state index is 4.14. The number of guanidine groups is 1. The molecule has 1 heterocycles. The van der Waals surface area contributed by atoms with E-state index in [0.29, 0.717) is 6.54 Å². The second-order valence-electron chi connectivity index (χ2n) is 4.66. The fourth-order valence-electron chi connectivity index (χ4n) is 1.16. The van der Waals surface area contributed by atoms with Gasteiger partial charge >= 0.3 is 0 Å². The first-order valence-corrected chi connectivity index (χ1v) is 5.24. The number of nitrogens with zero attached hydrogens (tertiary/aromatic N) is 4. The number of hydrogen-bond acceptors (Lipinski definition) is 3. The summed E-state index contributed by atoms with van der Waals surface area (Å²) >= 11 is 0. The molecule has 0 fully saturated rings. The smallest absolute Gasteiger partial charge is 0.191 e. The standard InChI is InChI=1S/C10H20N6/c1-10(2,3)14-9(11-4)12-6-8-15-13-7-16(8)5/h7H,6H2,1-5H3,(H2,11,12,14). The van der Waals surface area contributed by atoms with Crippen molar-refractivity contribution in [2.45, 2.75) is 32.9 Å². The summed E-state index contributed by atoms with van der Waals surface area (Å²) in [7, 11) is 3.66. The van der Waals surface area contributed by atoms with E-state index in [1.807, 2.05) is 11.6 Å². The number of nitrogens with one attached hydrogen (secondary N) is 2. The van der Waals surface area contributed by atoms with Crippen molar-refractivity contribution in [3.63, 3.8) is 0 Å². The van der Waals surface area contributed by atoms with Crippen LogP contribution in [0, 0.1) is 0 Å². The fraction of sp³-hybridized carbons (Fsp3) is 0.700. The highest BCUT2D eigenvalue weighted by Crippen LogP contribution is 1.98. The van der Waals surface area contributed by atoms with Gasteiger partial charge in [-0.15, -0.1) is 10.2 Å². The van der Waals surface area contributed by atoms with E-state index in [4.69, 9.17) is 0 Å². The van der Waals surface area contributed by atoms with E-state index in [1.165, 1.54) is 0 Å².